The second kappa shape index (κ2) is 8.27. The van der Waals surface area contributed by atoms with Gasteiger partial charge in [0, 0.05) is 40.3 Å². The highest BCUT2D eigenvalue weighted by Crippen LogP contribution is 2.09. The highest BCUT2D eigenvalue weighted by atomic mass is 16.5. The summed E-state index contributed by atoms with van der Waals surface area (Å²) in [4.78, 5) is 4.18. The molecule has 0 bridgehead atoms. The molecule has 92 valence electrons. The zero-order valence-electron chi connectivity index (χ0n) is 9.99. The Hall–Kier alpha value is -0.910. The molecule has 16 heavy (non-hydrogen) atoms. The Morgan fingerprint density at radius 2 is 2.12 bits per heavy atom. The Balaban J connectivity index is 2.26. The maximum atomic E-state index is 5.33. The van der Waals surface area contributed by atoms with Gasteiger partial charge >= 0.3 is 0 Å². The first-order chi connectivity index (χ1) is 7.88. The highest BCUT2D eigenvalue weighted by molar-refractivity contribution is 5.07. The van der Waals surface area contributed by atoms with Crippen molar-refractivity contribution >= 4 is 0 Å². The molecule has 0 aliphatic rings. The molecule has 0 atom stereocenters. The second-order valence-corrected chi connectivity index (χ2v) is 3.49. The van der Waals surface area contributed by atoms with Gasteiger partial charge in [-0.25, -0.2) is 4.98 Å². The summed E-state index contributed by atoms with van der Waals surface area (Å²) in [6.45, 7) is 3.00. The molecule has 1 N–H and O–H groups in total. The lowest BCUT2D eigenvalue weighted by atomic mass is 10.2. The molecule has 1 aromatic rings. The van der Waals surface area contributed by atoms with Crippen molar-refractivity contribution in [3.8, 4) is 0 Å². The number of rotatable bonds is 9. The fourth-order valence-electron chi connectivity index (χ4n) is 1.40. The van der Waals surface area contributed by atoms with Gasteiger partial charge in [-0.2, -0.15) is 0 Å². The Morgan fingerprint density at radius 3 is 2.88 bits per heavy atom. The number of nitrogens with one attached hydrogen (secondary N) is 1. The Labute approximate surface area is 96.1 Å². The van der Waals surface area contributed by atoms with Gasteiger partial charge in [-0.1, -0.05) is 0 Å². The molecule has 0 aliphatic carbocycles. The van der Waals surface area contributed by atoms with Gasteiger partial charge in [-0.05, 0) is 6.42 Å². The Morgan fingerprint density at radius 1 is 1.31 bits per heavy atom. The third kappa shape index (κ3) is 4.74. The molecule has 0 unspecified atom stereocenters. The minimum atomic E-state index is 0.705. The molecular weight excluding hydrogens is 208 g/mol. The first-order valence-corrected chi connectivity index (χ1v) is 5.48. The van der Waals surface area contributed by atoms with Crippen LogP contribution in [0, 0.1) is 0 Å². The van der Waals surface area contributed by atoms with Gasteiger partial charge in [0.2, 0.25) is 0 Å². The molecule has 0 saturated carbocycles. The van der Waals surface area contributed by atoms with E-state index in [0.717, 1.165) is 44.0 Å². The molecule has 0 amide bonds. The van der Waals surface area contributed by atoms with E-state index in [4.69, 9.17) is 13.9 Å². The van der Waals surface area contributed by atoms with E-state index in [1.165, 1.54) is 6.39 Å². The fraction of sp³-hybridized carbons (Fsp3) is 0.727. The molecule has 0 fully saturated rings. The van der Waals surface area contributed by atoms with Gasteiger partial charge in [0.25, 0.3) is 0 Å². The van der Waals surface area contributed by atoms with Crippen molar-refractivity contribution < 1.29 is 13.9 Å². The van der Waals surface area contributed by atoms with Crippen LogP contribution in [0.3, 0.4) is 0 Å². The SMILES string of the molecule is COCCCc1ocnc1CNCCOC. The molecule has 0 spiro atoms. The number of hydrogen-bond acceptors (Lipinski definition) is 5. The van der Waals surface area contributed by atoms with Crippen molar-refractivity contribution in [2.45, 2.75) is 19.4 Å². The summed E-state index contributed by atoms with van der Waals surface area (Å²) < 4.78 is 15.3. The molecule has 1 aromatic heterocycles. The predicted molar refractivity (Wildman–Crippen MR) is 60.3 cm³/mol. The van der Waals surface area contributed by atoms with E-state index in [1.807, 2.05) is 0 Å². The van der Waals surface area contributed by atoms with Crippen molar-refractivity contribution in [2.24, 2.45) is 0 Å². The van der Waals surface area contributed by atoms with Gasteiger partial charge in [-0.15, -0.1) is 0 Å². The molecule has 5 heteroatoms. The van der Waals surface area contributed by atoms with Crippen LogP contribution in [0.15, 0.2) is 10.8 Å². The largest absolute Gasteiger partial charge is 0.448 e. The van der Waals surface area contributed by atoms with Crippen molar-refractivity contribution in [2.75, 3.05) is 34.0 Å². The second-order valence-electron chi connectivity index (χ2n) is 3.49. The molecule has 0 radical (unpaired) electrons. The average molecular weight is 228 g/mol. The summed E-state index contributed by atoms with van der Waals surface area (Å²) >= 11 is 0. The number of aryl methyl sites for hydroxylation is 1. The molecular formula is C11H20N2O3. The lowest BCUT2D eigenvalue weighted by Gasteiger charge is -2.03. The van der Waals surface area contributed by atoms with Crippen LogP contribution in [0.25, 0.3) is 0 Å². The lowest BCUT2D eigenvalue weighted by Crippen LogP contribution is -2.19. The molecule has 1 rings (SSSR count). The van der Waals surface area contributed by atoms with E-state index in [-0.39, 0.29) is 0 Å². The first-order valence-electron chi connectivity index (χ1n) is 5.48. The maximum absolute atomic E-state index is 5.33. The minimum absolute atomic E-state index is 0.705. The van der Waals surface area contributed by atoms with Crippen molar-refractivity contribution in [3.63, 3.8) is 0 Å². The molecule has 1 heterocycles. The van der Waals surface area contributed by atoms with Gasteiger partial charge in [0.05, 0.1) is 12.3 Å². The van der Waals surface area contributed by atoms with Crippen molar-refractivity contribution in [1.29, 1.82) is 0 Å². The van der Waals surface area contributed by atoms with Crippen LogP contribution in [0.4, 0.5) is 0 Å². The monoisotopic (exact) mass is 228 g/mol. The number of ether oxygens (including phenoxy) is 2. The highest BCUT2D eigenvalue weighted by Gasteiger charge is 2.06. The summed E-state index contributed by atoms with van der Waals surface area (Å²) in [7, 11) is 3.39. The van der Waals surface area contributed by atoms with E-state index < -0.39 is 0 Å². The van der Waals surface area contributed by atoms with E-state index in [1.54, 1.807) is 14.2 Å². The third-order valence-electron chi connectivity index (χ3n) is 2.25. The van der Waals surface area contributed by atoms with Crippen LogP contribution < -0.4 is 5.32 Å². The van der Waals surface area contributed by atoms with Crippen LogP contribution >= 0.6 is 0 Å². The molecule has 0 saturated heterocycles. The first kappa shape index (κ1) is 13.2. The van der Waals surface area contributed by atoms with Gasteiger partial charge < -0.3 is 19.2 Å². The van der Waals surface area contributed by atoms with Gasteiger partial charge in [-0.3, -0.25) is 0 Å². The Kier molecular flexibility index (Phi) is 6.80. The summed E-state index contributed by atoms with van der Waals surface area (Å²) in [6, 6.07) is 0. The number of aromatic nitrogens is 1. The summed E-state index contributed by atoms with van der Waals surface area (Å²) in [5.74, 6) is 0.946. The predicted octanol–water partition coefficient (Wildman–Crippen LogP) is 0.990. The lowest BCUT2D eigenvalue weighted by molar-refractivity contribution is 0.193. The smallest absolute Gasteiger partial charge is 0.181 e. The topological polar surface area (TPSA) is 56.5 Å². The zero-order chi connectivity index (χ0) is 11.6. The van der Waals surface area contributed by atoms with Crippen molar-refractivity contribution in [3.05, 3.63) is 17.8 Å². The number of methoxy groups -OCH3 is 2. The summed E-state index contributed by atoms with van der Waals surface area (Å²) in [5, 5.41) is 3.24. The fourth-order valence-corrected chi connectivity index (χ4v) is 1.40. The number of hydrogen-bond donors (Lipinski definition) is 1. The Bertz CT molecular complexity index is 276. The van der Waals surface area contributed by atoms with E-state index >= 15 is 0 Å². The van der Waals surface area contributed by atoms with Gasteiger partial charge in [0.15, 0.2) is 6.39 Å². The quantitative estimate of drug-likeness (QED) is 0.639. The van der Waals surface area contributed by atoms with Crippen LogP contribution in [0.5, 0.6) is 0 Å². The zero-order valence-corrected chi connectivity index (χ0v) is 9.99. The van der Waals surface area contributed by atoms with Crippen LogP contribution in [0.2, 0.25) is 0 Å². The minimum Gasteiger partial charge on any atom is -0.448 e. The van der Waals surface area contributed by atoms with E-state index in [0.29, 0.717) is 6.61 Å². The normalized spacial score (nSPS) is 10.9. The molecule has 0 aliphatic heterocycles. The number of nitrogens with zero attached hydrogens (tertiary/aromatic N) is 1. The number of oxazole rings is 1. The summed E-state index contributed by atoms with van der Waals surface area (Å²) in [6.07, 6.45) is 3.32. The van der Waals surface area contributed by atoms with Crippen LogP contribution in [0.1, 0.15) is 17.9 Å². The van der Waals surface area contributed by atoms with Crippen LogP contribution in [-0.2, 0) is 22.4 Å². The average Bonchev–Trinajstić information content (AvgIpc) is 2.73. The van der Waals surface area contributed by atoms with Gasteiger partial charge in [0.1, 0.15) is 5.76 Å². The third-order valence-corrected chi connectivity index (χ3v) is 2.25. The van der Waals surface area contributed by atoms with Crippen molar-refractivity contribution in [1.82, 2.24) is 10.3 Å². The van der Waals surface area contributed by atoms with E-state index in [2.05, 4.69) is 10.3 Å². The van der Waals surface area contributed by atoms with Crippen LogP contribution in [-0.4, -0.2) is 39.0 Å². The standard InChI is InChI=1S/C11H20N2O3/c1-14-6-3-4-11-10(13-9-16-11)8-12-5-7-15-2/h9,12H,3-8H2,1-2H3. The van der Waals surface area contributed by atoms with E-state index in [9.17, 15) is 0 Å². The molecule has 0 aromatic carbocycles. The molecule has 5 nitrogen and oxygen atoms in total. The maximum Gasteiger partial charge on any atom is 0.181 e. The summed E-state index contributed by atoms with van der Waals surface area (Å²) in [5.41, 5.74) is 0.979.